The number of urea groups is 1. The molecule has 2 N–H and O–H groups in total. The Kier molecular flexibility index (Phi) is 6.11. The van der Waals surface area contributed by atoms with Crippen molar-refractivity contribution >= 4 is 17.8 Å². The highest BCUT2D eigenvalue weighted by molar-refractivity contribution is 5.89. The predicted octanol–water partition coefficient (Wildman–Crippen LogP) is 3.45. The monoisotopic (exact) mass is 359 g/mol. The standard InChI is InChI=1S/C16H20F3N3O3/c1-2-25-15(24)22-9-7-13(8-10-22)21-14(23)20-12-5-3-11(4-6-12)16(17,18)19/h3-6,13H,2,7-10H2,1H3,(H2,20,21,23). The van der Waals surface area contributed by atoms with Crippen LogP contribution in [0.25, 0.3) is 0 Å². The first-order valence-corrected chi connectivity index (χ1v) is 7.96. The maximum Gasteiger partial charge on any atom is 0.416 e. The fraction of sp³-hybridized carbons (Fsp3) is 0.500. The van der Waals surface area contributed by atoms with Crippen LogP contribution in [0.1, 0.15) is 25.3 Å². The van der Waals surface area contributed by atoms with E-state index in [9.17, 15) is 22.8 Å². The molecule has 0 spiro atoms. The number of hydrogen-bond acceptors (Lipinski definition) is 3. The van der Waals surface area contributed by atoms with Crippen molar-refractivity contribution in [3.8, 4) is 0 Å². The highest BCUT2D eigenvalue weighted by atomic mass is 19.4. The van der Waals surface area contributed by atoms with Gasteiger partial charge in [0.15, 0.2) is 0 Å². The molecule has 0 atom stereocenters. The molecule has 6 nitrogen and oxygen atoms in total. The first kappa shape index (κ1) is 18.9. The van der Waals surface area contributed by atoms with E-state index >= 15 is 0 Å². The molecule has 0 saturated carbocycles. The molecular weight excluding hydrogens is 339 g/mol. The first-order valence-electron chi connectivity index (χ1n) is 7.96. The summed E-state index contributed by atoms with van der Waals surface area (Å²) in [5.74, 6) is 0. The second-order valence-electron chi connectivity index (χ2n) is 5.63. The van der Waals surface area contributed by atoms with Crippen molar-refractivity contribution in [2.75, 3.05) is 25.0 Å². The molecule has 0 radical (unpaired) electrons. The third-order valence-corrected chi connectivity index (χ3v) is 3.83. The molecule has 0 bridgehead atoms. The van der Waals surface area contributed by atoms with Crippen molar-refractivity contribution < 1.29 is 27.5 Å². The summed E-state index contributed by atoms with van der Waals surface area (Å²) in [5.41, 5.74) is -0.501. The van der Waals surface area contributed by atoms with Crippen LogP contribution in [0.3, 0.4) is 0 Å². The number of hydrogen-bond donors (Lipinski definition) is 2. The summed E-state index contributed by atoms with van der Waals surface area (Å²) in [7, 11) is 0. The maximum atomic E-state index is 12.5. The number of nitrogens with zero attached hydrogens (tertiary/aromatic N) is 1. The lowest BCUT2D eigenvalue weighted by molar-refractivity contribution is -0.137. The van der Waals surface area contributed by atoms with E-state index in [1.165, 1.54) is 12.1 Å². The molecule has 3 amide bonds. The van der Waals surface area contributed by atoms with Crippen LogP contribution < -0.4 is 10.6 Å². The van der Waals surface area contributed by atoms with E-state index < -0.39 is 17.8 Å². The Morgan fingerprint density at radius 1 is 1.20 bits per heavy atom. The number of rotatable bonds is 3. The van der Waals surface area contributed by atoms with E-state index in [0.717, 1.165) is 12.1 Å². The lowest BCUT2D eigenvalue weighted by atomic mass is 10.1. The number of piperidine rings is 1. The van der Waals surface area contributed by atoms with Crippen molar-refractivity contribution in [2.45, 2.75) is 32.0 Å². The van der Waals surface area contributed by atoms with Crippen LogP contribution in [0.2, 0.25) is 0 Å². The number of amides is 3. The lowest BCUT2D eigenvalue weighted by Gasteiger charge is -2.31. The van der Waals surface area contributed by atoms with Gasteiger partial charge in [-0.1, -0.05) is 0 Å². The molecule has 1 saturated heterocycles. The molecule has 9 heteroatoms. The third-order valence-electron chi connectivity index (χ3n) is 3.83. The highest BCUT2D eigenvalue weighted by Gasteiger charge is 2.30. The number of carbonyl (C=O) groups is 2. The first-order chi connectivity index (χ1) is 11.8. The molecular formula is C16H20F3N3O3. The molecule has 1 aliphatic rings. The van der Waals surface area contributed by atoms with Crippen LogP contribution in [-0.4, -0.2) is 42.8 Å². The normalized spacial score (nSPS) is 15.6. The molecule has 0 aromatic heterocycles. The van der Waals surface area contributed by atoms with E-state index in [1.807, 2.05) is 0 Å². The summed E-state index contributed by atoms with van der Waals surface area (Å²) in [6.45, 7) is 3.00. The van der Waals surface area contributed by atoms with E-state index in [2.05, 4.69) is 10.6 Å². The molecule has 25 heavy (non-hydrogen) atoms. The summed E-state index contributed by atoms with van der Waals surface area (Å²) >= 11 is 0. The number of carbonyl (C=O) groups excluding carboxylic acids is 2. The van der Waals surface area contributed by atoms with Crippen molar-refractivity contribution in [1.29, 1.82) is 0 Å². The van der Waals surface area contributed by atoms with Crippen LogP contribution in [0.5, 0.6) is 0 Å². The van der Waals surface area contributed by atoms with Gasteiger partial charge in [0.1, 0.15) is 0 Å². The van der Waals surface area contributed by atoms with Crippen molar-refractivity contribution in [3.63, 3.8) is 0 Å². The summed E-state index contributed by atoms with van der Waals surface area (Å²) in [4.78, 5) is 25.1. The molecule has 2 rings (SSSR count). The Morgan fingerprint density at radius 2 is 1.80 bits per heavy atom. The van der Waals surface area contributed by atoms with Crippen LogP contribution in [-0.2, 0) is 10.9 Å². The summed E-state index contributed by atoms with van der Waals surface area (Å²) < 4.78 is 42.4. The summed E-state index contributed by atoms with van der Waals surface area (Å²) in [6.07, 6.45) is -3.61. The quantitative estimate of drug-likeness (QED) is 0.868. The van der Waals surface area contributed by atoms with Crippen LogP contribution in [0.15, 0.2) is 24.3 Å². The van der Waals surface area contributed by atoms with E-state index in [1.54, 1.807) is 11.8 Å². The SMILES string of the molecule is CCOC(=O)N1CCC(NC(=O)Nc2ccc(C(F)(F)F)cc2)CC1. The molecule has 1 fully saturated rings. The molecule has 1 aliphatic heterocycles. The summed E-state index contributed by atoms with van der Waals surface area (Å²) in [5, 5.41) is 5.25. The molecule has 1 aromatic rings. The van der Waals surface area contributed by atoms with Crippen molar-refractivity contribution in [3.05, 3.63) is 29.8 Å². The van der Waals surface area contributed by atoms with Gasteiger partial charge < -0.3 is 20.3 Å². The van der Waals surface area contributed by atoms with E-state index in [-0.39, 0.29) is 17.8 Å². The van der Waals surface area contributed by atoms with Crippen LogP contribution >= 0.6 is 0 Å². The van der Waals surface area contributed by atoms with Crippen molar-refractivity contribution in [1.82, 2.24) is 10.2 Å². The van der Waals surface area contributed by atoms with E-state index in [0.29, 0.717) is 32.5 Å². The average molecular weight is 359 g/mol. The Labute approximate surface area is 143 Å². The molecule has 0 aliphatic carbocycles. The Bertz CT molecular complexity index is 597. The molecule has 1 aromatic carbocycles. The third kappa shape index (κ3) is 5.54. The van der Waals surface area contributed by atoms with Gasteiger partial charge in [0, 0.05) is 24.8 Å². The summed E-state index contributed by atoms with van der Waals surface area (Å²) in [6, 6.07) is 3.62. The van der Waals surface area contributed by atoms with Crippen LogP contribution in [0, 0.1) is 0 Å². The Hall–Kier alpha value is -2.45. The smallest absolute Gasteiger partial charge is 0.416 e. The Morgan fingerprint density at radius 3 is 2.32 bits per heavy atom. The van der Waals surface area contributed by atoms with Gasteiger partial charge in [-0.15, -0.1) is 0 Å². The van der Waals surface area contributed by atoms with Gasteiger partial charge in [-0.05, 0) is 44.0 Å². The topological polar surface area (TPSA) is 70.7 Å². The second-order valence-corrected chi connectivity index (χ2v) is 5.63. The fourth-order valence-corrected chi connectivity index (χ4v) is 2.52. The second kappa shape index (κ2) is 8.09. The average Bonchev–Trinajstić information content (AvgIpc) is 2.55. The van der Waals surface area contributed by atoms with Gasteiger partial charge in [-0.25, -0.2) is 9.59 Å². The van der Waals surface area contributed by atoms with Gasteiger partial charge in [0.05, 0.1) is 12.2 Å². The van der Waals surface area contributed by atoms with Crippen molar-refractivity contribution in [2.24, 2.45) is 0 Å². The molecule has 138 valence electrons. The molecule has 0 unspecified atom stereocenters. The van der Waals surface area contributed by atoms with Gasteiger partial charge in [0.25, 0.3) is 0 Å². The number of anilines is 1. The largest absolute Gasteiger partial charge is 0.450 e. The highest BCUT2D eigenvalue weighted by Crippen LogP contribution is 2.29. The zero-order chi connectivity index (χ0) is 18.4. The Balaban J connectivity index is 1.78. The van der Waals surface area contributed by atoms with Gasteiger partial charge in [-0.3, -0.25) is 0 Å². The number of ether oxygens (including phenoxy) is 1. The number of likely N-dealkylation sites (tertiary alicyclic amines) is 1. The minimum absolute atomic E-state index is 0.111. The van der Waals surface area contributed by atoms with Gasteiger partial charge >= 0.3 is 18.3 Å². The fourth-order valence-electron chi connectivity index (χ4n) is 2.52. The predicted molar refractivity (Wildman–Crippen MR) is 85.2 cm³/mol. The zero-order valence-corrected chi connectivity index (χ0v) is 13.7. The number of halogens is 3. The maximum absolute atomic E-state index is 12.5. The number of benzene rings is 1. The molecule has 1 heterocycles. The number of alkyl halides is 3. The number of nitrogens with one attached hydrogen (secondary N) is 2. The van der Waals surface area contributed by atoms with Gasteiger partial charge in [0.2, 0.25) is 0 Å². The van der Waals surface area contributed by atoms with Gasteiger partial charge in [-0.2, -0.15) is 13.2 Å². The van der Waals surface area contributed by atoms with Crippen LogP contribution in [0.4, 0.5) is 28.4 Å². The van der Waals surface area contributed by atoms with E-state index in [4.69, 9.17) is 4.74 Å². The minimum atomic E-state index is -4.41. The minimum Gasteiger partial charge on any atom is -0.450 e. The lowest BCUT2D eigenvalue weighted by Crippen LogP contribution is -2.47. The zero-order valence-electron chi connectivity index (χ0n) is 13.7.